The highest BCUT2D eigenvalue weighted by Crippen LogP contribution is 2.22. The lowest BCUT2D eigenvalue weighted by molar-refractivity contribution is -0.123. The quantitative estimate of drug-likeness (QED) is 0.705. The Morgan fingerprint density at radius 2 is 1.68 bits per heavy atom. The summed E-state index contributed by atoms with van der Waals surface area (Å²) in [5.41, 5.74) is 1.71. The van der Waals surface area contributed by atoms with Gasteiger partial charge in [-0.15, -0.1) is 0 Å². The fraction of sp³-hybridized carbons (Fsp3) is 0.350. The number of anilines is 1. The molecule has 8 heteroatoms. The van der Waals surface area contributed by atoms with Crippen molar-refractivity contribution in [3.8, 4) is 0 Å². The molecule has 150 valence electrons. The van der Waals surface area contributed by atoms with E-state index in [1.165, 1.54) is 6.92 Å². The first-order valence-electron chi connectivity index (χ1n) is 8.78. The topological polar surface area (TPSA) is 97.5 Å². The van der Waals surface area contributed by atoms with Crippen LogP contribution in [0.5, 0.6) is 0 Å². The standard InChI is InChI=1S/C20H23ClN2O5/c1-10(2)27-19(25)16-11(3)17(22-12(16)4)20(26)28-13(5)18(24)23-15-9-7-6-8-14(15)21/h6-10,13,22H,1-5H3,(H,23,24)/t13-/m1/s1. The predicted octanol–water partition coefficient (Wildman–Crippen LogP) is 4.03. The Morgan fingerprint density at radius 1 is 1.04 bits per heavy atom. The van der Waals surface area contributed by atoms with Crippen molar-refractivity contribution < 1.29 is 23.9 Å². The number of nitrogens with one attached hydrogen (secondary N) is 2. The van der Waals surface area contributed by atoms with Crippen LogP contribution in [0.1, 0.15) is 52.9 Å². The van der Waals surface area contributed by atoms with Crippen molar-refractivity contribution >= 4 is 35.1 Å². The normalized spacial score (nSPS) is 11.8. The van der Waals surface area contributed by atoms with Crippen LogP contribution in [0.2, 0.25) is 5.02 Å². The molecule has 0 aliphatic rings. The van der Waals surface area contributed by atoms with Crippen LogP contribution < -0.4 is 5.32 Å². The van der Waals surface area contributed by atoms with Gasteiger partial charge in [0.1, 0.15) is 5.69 Å². The van der Waals surface area contributed by atoms with E-state index in [1.54, 1.807) is 52.0 Å². The highest BCUT2D eigenvalue weighted by atomic mass is 35.5. The number of ether oxygens (including phenoxy) is 2. The van der Waals surface area contributed by atoms with Crippen molar-refractivity contribution in [3.63, 3.8) is 0 Å². The van der Waals surface area contributed by atoms with Crippen molar-refractivity contribution in [2.75, 3.05) is 5.32 Å². The first kappa shape index (κ1) is 21.5. The van der Waals surface area contributed by atoms with E-state index in [9.17, 15) is 14.4 Å². The van der Waals surface area contributed by atoms with Gasteiger partial charge < -0.3 is 19.8 Å². The maximum atomic E-state index is 12.5. The average molecular weight is 407 g/mol. The van der Waals surface area contributed by atoms with Crippen LogP contribution in [-0.2, 0) is 14.3 Å². The number of aromatic amines is 1. The third-order valence-corrected chi connectivity index (χ3v) is 4.30. The number of hydrogen-bond acceptors (Lipinski definition) is 5. The zero-order valence-electron chi connectivity index (χ0n) is 16.4. The molecule has 2 rings (SSSR count). The SMILES string of the molecule is Cc1[nH]c(C(=O)O[C@H](C)C(=O)Nc2ccccc2Cl)c(C)c1C(=O)OC(C)C. The molecule has 0 radical (unpaired) electrons. The number of carbonyl (C=O) groups is 3. The number of esters is 2. The molecule has 0 fully saturated rings. The Hall–Kier alpha value is -2.80. The molecule has 0 spiro atoms. The maximum Gasteiger partial charge on any atom is 0.355 e. The Kier molecular flexibility index (Phi) is 6.85. The first-order chi connectivity index (χ1) is 13.1. The molecule has 1 amide bonds. The van der Waals surface area contributed by atoms with Gasteiger partial charge in [-0.2, -0.15) is 0 Å². The summed E-state index contributed by atoms with van der Waals surface area (Å²) in [7, 11) is 0. The third-order valence-electron chi connectivity index (χ3n) is 3.97. The Morgan fingerprint density at radius 3 is 2.29 bits per heavy atom. The minimum atomic E-state index is -1.07. The lowest BCUT2D eigenvalue weighted by atomic mass is 10.1. The molecule has 0 aliphatic heterocycles. The zero-order chi connectivity index (χ0) is 21.0. The molecule has 7 nitrogen and oxygen atoms in total. The van der Waals surface area contributed by atoms with Crippen molar-refractivity contribution in [1.82, 2.24) is 4.98 Å². The van der Waals surface area contributed by atoms with Crippen LogP contribution in [0.4, 0.5) is 5.69 Å². The summed E-state index contributed by atoms with van der Waals surface area (Å²) in [6, 6.07) is 6.73. The second-order valence-corrected chi connectivity index (χ2v) is 7.00. The monoisotopic (exact) mass is 406 g/mol. The van der Waals surface area contributed by atoms with Gasteiger partial charge in [0.05, 0.1) is 22.4 Å². The summed E-state index contributed by atoms with van der Waals surface area (Å²) in [6.07, 6.45) is -1.36. The lowest BCUT2D eigenvalue weighted by Crippen LogP contribution is -2.30. The third kappa shape index (κ3) is 4.92. The molecule has 0 bridgehead atoms. The van der Waals surface area contributed by atoms with E-state index in [-0.39, 0.29) is 17.4 Å². The number of amides is 1. The van der Waals surface area contributed by atoms with Crippen LogP contribution in [0.15, 0.2) is 24.3 Å². The number of H-pyrrole nitrogens is 1. The van der Waals surface area contributed by atoms with Gasteiger partial charge in [-0.05, 0) is 52.3 Å². The van der Waals surface area contributed by atoms with Crippen LogP contribution in [0.3, 0.4) is 0 Å². The number of halogens is 1. The molecule has 2 aromatic rings. The first-order valence-corrected chi connectivity index (χ1v) is 9.16. The van der Waals surface area contributed by atoms with Gasteiger partial charge in [-0.25, -0.2) is 9.59 Å². The molecule has 1 atom stereocenters. The summed E-state index contributed by atoms with van der Waals surface area (Å²) in [5, 5.41) is 2.98. The fourth-order valence-electron chi connectivity index (χ4n) is 2.60. The van der Waals surface area contributed by atoms with Gasteiger partial charge >= 0.3 is 11.9 Å². The van der Waals surface area contributed by atoms with Gasteiger partial charge in [0, 0.05) is 5.69 Å². The lowest BCUT2D eigenvalue weighted by Gasteiger charge is -2.14. The van der Waals surface area contributed by atoms with E-state index >= 15 is 0 Å². The predicted molar refractivity (Wildman–Crippen MR) is 106 cm³/mol. The summed E-state index contributed by atoms with van der Waals surface area (Å²) < 4.78 is 10.4. The number of aryl methyl sites for hydroxylation is 1. The molecular weight excluding hydrogens is 384 g/mol. The molecule has 1 heterocycles. The molecule has 1 aromatic carbocycles. The number of aromatic nitrogens is 1. The maximum absolute atomic E-state index is 12.5. The van der Waals surface area contributed by atoms with Crippen LogP contribution in [0, 0.1) is 13.8 Å². The van der Waals surface area contributed by atoms with Crippen molar-refractivity contribution in [2.24, 2.45) is 0 Å². The average Bonchev–Trinajstić information content (AvgIpc) is 2.90. The van der Waals surface area contributed by atoms with Crippen molar-refractivity contribution in [3.05, 3.63) is 51.8 Å². The highest BCUT2D eigenvalue weighted by molar-refractivity contribution is 6.33. The number of para-hydroxylation sites is 1. The Balaban J connectivity index is 2.11. The minimum absolute atomic E-state index is 0.102. The summed E-state index contributed by atoms with van der Waals surface area (Å²) >= 11 is 6.01. The minimum Gasteiger partial charge on any atom is -0.459 e. The Bertz CT molecular complexity index is 904. The number of rotatable bonds is 6. The summed E-state index contributed by atoms with van der Waals surface area (Å²) in [5.74, 6) is -1.79. The van der Waals surface area contributed by atoms with Crippen LogP contribution in [-0.4, -0.2) is 35.0 Å². The molecule has 28 heavy (non-hydrogen) atoms. The molecule has 0 saturated heterocycles. The number of carbonyl (C=O) groups excluding carboxylic acids is 3. The van der Waals surface area contributed by atoms with Gasteiger partial charge in [0.15, 0.2) is 6.10 Å². The van der Waals surface area contributed by atoms with Gasteiger partial charge in [-0.1, -0.05) is 23.7 Å². The van der Waals surface area contributed by atoms with E-state index in [2.05, 4.69) is 10.3 Å². The van der Waals surface area contributed by atoms with Crippen molar-refractivity contribution in [1.29, 1.82) is 0 Å². The zero-order valence-corrected chi connectivity index (χ0v) is 17.1. The number of hydrogen-bond donors (Lipinski definition) is 2. The van der Waals surface area contributed by atoms with E-state index in [1.807, 2.05) is 0 Å². The largest absolute Gasteiger partial charge is 0.459 e. The number of benzene rings is 1. The van der Waals surface area contributed by atoms with Crippen LogP contribution >= 0.6 is 11.6 Å². The fourth-order valence-corrected chi connectivity index (χ4v) is 2.79. The summed E-state index contributed by atoms with van der Waals surface area (Å²) in [6.45, 7) is 8.20. The van der Waals surface area contributed by atoms with Crippen LogP contribution in [0.25, 0.3) is 0 Å². The van der Waals surface area contributed by atoms with Gasteiger partial charge in [0.2, 0.25) is 0 Å². The molecular formula is C20H23ClN2O5. The molecule has 0 unspecified atom stereocenters. The Labute approximate surface area is 168 Å². The second-order valence-electron chi connectivity index (χ2n) is 6.60. The second kappa shape index (κ2) is 8.93. The van der Waals surface area contributed by atoms with E-state index < -0.39 is 23.9 Å². The highest BCUT2D eigenvalue weighted by Gasteiger charge is 2.27. The van der Waals surface area contributed by atoms with Crippen molar-refractivity contribution in [2.45, 2.75) is 46.8 Å². The molecule has 2 N–H and O–H groups in total. The molecule has 0 saturated carbocycles. The van der Waals surface area contributed by atoms with Gasteiger partial charge in [0.25, 0.3) is 5.91 Å². The van der Waals surface area contributed by atoms with E-state index in [0.717, 1.165) is 0 Å². The molecule has 1 aromatic heterocycles. The summed E-state index contributed by atoms with van der Waals surface area (Å²) in [4.78, 5) is 39.9. The van der Waals surface area contributed by atoms with E-state index in [4.69, 9.17) is 21.1 Å². The van der Waals surface area contributed by atoms with Gasteiger partial charge in [-0.3, -0.25) is 4.79 Å². The molecule has 0 aliphatic carbocycles. The smallest absolute Gasteiger partial charge is 0.355 e. The van der Waals surface area contributed by atoms with E-state index in [0.29, 0.717) is 22.0 Å².